The van der Waals surface area contributed by atoms with Crippen LogP contribution in [0.25, 0.3) is 0 Å². The Morgan fingerprint density at radius 2 is 2.06 bits per heavy atom. The average Bonchev–Trinajstić information content (AvgIpc) is 2.38. The van der Waals surface area contributed by atoms with Gasteiger partial charge in [0, 0.05) is 18.6 Å². The van der Waals surface area contributed by atoms with E-state index in [4.69, 9.17) is 11.6 Å². The lowest BCUT2D eigenvalue weighted by Gasteiger charge is -2.10. The molecule has 0 fully saturated rings. The van der Waals surface area contributed by atoms with E-state index in [1.807, 2.05) is 31.3 Å². The Labute approximate surface area is 119 Å². The third kappa shape index (κ3) is 3.11. The molecular formula is C12H12BrClN4. The normalized spacial score (nSPS) is 10.2. The summed E-state index contributed by atoms with van der Waals surface area (Å²) in [7, 11) is 1.81. The molecule has 6 heteroatoms. The zero-order valence-electron chi connectivity index (χ0n) is 9.74. The van der Waals surface area contributed by atoms with Crippen molar-refractivity contribution in [3.8, 4) is 0 Å². The predicted molar refractivity (Wildman–Crippen MR) is 78.1 cm³/mol. The topological polar surface area (TPSA) is 49.8 Å². The highest BCUT2D eigenvalue weighted by Gasteiger charge is 2.06. The Balaban J connectivity index is 2.11. The van der Waals surface area contributed by atoms with E-state index in [1.54, 1.807) is 0 Å². The smallest absolute Gasteiger partial charge is 0.146 e. The van der Waals surface area contributed by atoms with Gasteiger partial charge < -0.3 is 10.6 Å². The molecule has 0 aliphatic carbocycles. The van der Waals surface area contributed by atoms with E-state index < -0.39 is 0 Å². The molecule has 0 atom stereocenters. The number of nitrogens with zero attached hydrogens (tertiary/aromatic N) is 2. The first kappa shape index (κ1) is 13.1. The number of nitrogens with one attached hydrogen (secondary N) is 2. The third-order valence-electron chi connectivity index (χ3n) is 2.38. The molecule has 1 aromatic heterocycles. The second kappa shape index (κ2) is 6.02. The van der Waals surface area contributed by atoms with Crippen molar-refractivity contribution in [2.24, 2.45) is 0 Å². The van der Waals surface area contributed by atoms with Crippen molar-refractivity contribution in [2.45, 2.75) is 6.54 Å². The average molecular weight is 328 g/mol. The SMILES string of the molecule is CNc1ncnc(NCc2cccc(Cl)c2)c1Br. The van der Waals surface area contributed by atoms with Gasteiger partial charge in [-0.1, -0.05) is 23.7 Å². The number of hydrogen-bond donors (Lipinski definition) is 2. The number of aromatic nitrogens is 2. The first-order valence-electron chi connectivity index (χ1n) is 5.37. The summed E-state index contributed by atoms with van der Waals surface area (Å²) in [5.41, 5.74) is 1.10. The Morgan fingerprint density at radius 3 is 2.78 bits per heavy atom. The molecule has 1 heterocycles. The highest BCUT2D eigenvalue weighted by molar-refractivity contribution is 9.10. The fourth-order valence-electron chi connectivity index (χ4n) is 1.50. The maximum atomic E-state index is 5.93. The molecule has 4 nitrogen and oxygen atoms in total. The van der Waals surface area contributed by atoms with Crippen LogP contribution in [-0.4, -0.2) is 17.0 Å². The Hall–Kier alpha value is -1.33. The second-order valence-electron chi connectivity index (χ2n) is 3.62. The van der Waals surface area contributed by atoms with Gasteiger partial charge in [-0.25, -0.2) is 9.97 Å². The van der Waals surface area contributed by atoms with E-state index in [0.29, 0.717) is 6.54 Å². The third-order valence-corrected chi connectivity index (χ3v) is 3.36. The largest absolute Gasteiger partial charge is 0.372 e. The van der Waals surface area contributed by atoms with E-state index in [2.05, 4.69) is 36.5 Å². The van der Waals surface area contributed by atoms with Crippen LogP contribution in [0.1, 0.15) is 5.56 Å². The van der Waals surface area contributed by atoms with Crippen LogP contribution in [0.15, 0.2) is 35.1 Å². The number of anilines is 2. The highest BCUT2D eigenvalue weighted by atomic mass is 79.9. The Kier molecular flexibility index (Phi) is 4.38. The lowest BCUT2D eigenvalue weighted by molar-refractivity contribution is 1.07. The summed E-state index contributed by atoms with van der Waals surface area (Å²) in [4.78, 5) is 8.28. The minimum atomic E-state index is 0.652. The summed E-state index contributed by atoms with van der Waals surface area (Å²) in [6.07, 6.45) is 1.51. The molecule has 0 bridgehead atoms. The Morgan fingerprint density at radius 1 is 1.28 bits per heavy atom. The van der Waals surface area contributed by atoms with Crippen LogP contribution in [0.5, 0.6) is 0 Å². The Bertz CT molecular complexity index is 547. The minimum absolute atomic E-state index is 0.652. The summed E-state index contributed by atoms with van der Waals surface area (Å²) < 4.78 is 0.814. The fraction of sp³-hybridized carbons (Fsp3) is 0.167. The van der Waals surface area contributed by atoms with Crippen LogP contribution >= 0.6 is 27.5 Å². The molecule has 0 aliphatic rings. The zero-order valence-corrected chi connectivity index (χ0v) is 12.1. The molecule has 0 amide bonds. The van der Waals surface area contributed by atoms with Gasteiger partial charge in [0.15, 0.2) is 0 Å². The standard InChI is InChI=1S/C12H12BrClN4/c1-15-11-10(13)12(18-7-17-11)16-6-8-3-2-4-9(14)5-8/h2-5,7H,6H2,1H3,(H2,15,16,17,18). The predicted octanol–water partition coefficient (Wildman–Crippen LogP) is 3.55. The lowest BCUT2D eigenvalue weighted by Crippen LogP contribution is -2.04. The van der Waals surface area contributed by atoms with Gasteiger partial charge in [-0.3, -0.25) is 0 Å². The molecular weight excluding hydrogens is 316 g/mol. The monoisotopic (exact) mass is 326 g/mol. The van der Waals surface area contributed by atoms with Gasteiger partial charge >= 0.3 is 0 Å². The van der Waals surface area contributed by atoms with Crippen molar-refractivity contribution >= 4 is 39.2 Å². The van der Waals surface area contributed by atoms with Gasteiger partial charge in [0.05, 0.1) is 0 Å². The summed E-state index contributed by atoms with van der Waals surface area (Å²) in [6, 6.07) is 7.70. The van der Waals surface area contributed by atoms with E-state index in [-0.39, 0.29) is 0 Å². The molecule has 0 spiro atoms. The van der Waals surface area contributed by atoms with Crippen molar-refractivity contribution in [3.05, 3.63) is 45.7 Å². The van der Waals surface area contributed by atoms with Crippen LogP contribution in [0.4, 0.5) is 11.6 Å². The van der Waals surface area contributed by atoms with Gasteiger partial charge in [0.25, 0.3) is 0 Å². The molecule has 0 unspecified atom stereocenters. The number of benzene rings is 1. The van der Waals surface area contributed by atoms with Gasteiger partial charge in [-0.15, -0.1) is 0 Å². The van der Waals surface area contributed by atoms with Crippen LogP contribution in [0.3, 0.4) is 0 Å². The van der Waals surface area contributed by atoms with Gasteiger partial charge in [0.1, 0.15) is 22.4 Å². The maximum absolute atomic E-state index is 5.93. The van der Waals surface area contributed by atoms with E-state index >= 15 is 0 Å². The molecule has 0 saturated heterocycles. The first-order valence-corrected chi connectivity index (χ1v) is 6.54. The number of hydrogen-bond acceptors (Lipinski definition) is 4. The maximum Gasteiger partial charge on any atom is 0.146 e. The van der Waals surface area contributed by atoms with Crippen molar-refractivity contribution in [1.82, 2.24) is 9.97 Å². The van der Waals surface area contributed by atoms with Crippen LogP contribution in [0.2, 0.25) is 5.02 Å². The number of rotatable bonds is 4. The molecule has 2 rings (SSSR count). The van der Waals surface area contributed by atoms with Crippen molar-refractivity contribution < 1.29 is 0 Å². The fourth-order valence-corrected chi connectivity index (χ4v) is 2.26. The number of halogens is 2. The molecule has 18 heavy (non-hydrogen) atoms. The van der Waals surface area contributed by atoms with Crippen molar-refractivity contribution in [3.63, 3.8) is 0 Å². The van der Waals surface area contributed by atoms with Crippen LogP contribution in [-0.2, 0) is 6.54 Å². The van der Waals surface area contributed by atoms with Crippen LogP contribution < -0.4 is 10.6 Å². The highest BCUT2D eigenvalue weighted by Crippen LogP contribution is 2.26. The minimum Gasteiger partial charge on any atom is -0.372 e. The molecule has 0 aliphatic heterocycles. The van der Waals surface area contributed by atoms with E-state index in [0.717, 1.165) is 26.7 Å². The van der Waals surface area contributed by atoms with Gasteiger partial charge in [-0.2, -0.15) is 0 Å². The lowest BCUT2D eigenvalue weighted by atomic mass is 10.2. The van der Waals surface area contributed by atoms with Crippen molar-refractivity contribution in [1.29, 1.82) is 0 Å². The summed E-state index contributed by atoms with van der Waals surface area (Å²) in [5.74, 6) is 1.49. The van der Waals surface area contributed by atoms with E-state index in [1.165, 1.54) is 6.33 Å². The zero-order chi connectivity index (χ0) is 13.0. The molecule has 2 aromatic rings. The summed E-state index contributed by atoms with van der Waals surface area (Å²) in [6.45, 7) is 0.652. The van der Waals surface area contributed by atoms with Crippen molar-refractivity contribution in [2.75, 3.05) is 17.7 Å². The molecule has 0 saturated carbocycles. The summed E-state index contributed by atoms with van der Waals surface area (Å²) >= 11 is 9.39. The molecule has 0 radical (unpaired) electrons. The van der Waals surface area contributed by atoms with E-state index in [9.17, 15) is 0 Å². The molecule has 94 valence electrons. The molecule has 2 N–H and O–H groups in total. The molecule has 1 aromatic carbocycles. The second-order valence-corrected chi connectivity index (χ2v) is 4.85. The van der Waals surface area contributed by atoms with Gasteiger partial charge in [0.2, 0.25) is 0 Å². The van der Waals surface area contributed by atoms with Crippen LogP contribution in [0, 0.1) is 0 Å². The summed E-state index contributed by atoms with van der Waals surface area (Å²) in [5, 5.41) is 6.95. The quantitative estimate of drug-likeness (QED) is 0.902. The van der Waals surface area contributed by atoms with Gasteiger partial charge in [-0.05, 0) is 33.6 Å². The first-order chi connectivity index (χ1) is 8.70.